The number of ether oxygens (including phenoxy) is 1. The van der Waals surface area contributed by atoms with E-state index in [0.717, 1.165) is 4.90 Å². The molecular weight excluding hydrogens is 238 g/mol. The lowest BCUT2D eigenvalue weighted by atomic mass is 9.94. The van der Waals surface area contributed by atoms with E-state index in [2.05, 4.69) is 0 Å². The standard InChI is InChI=1S/C12H19NO5/c1-6-7(2)9(14)13(8(6)10(15)16)11(17)18-12(3,4)5/h6-8H,1-5H3,(H,15,16)/t6-,7-,8-/m0/s1. The van der Waals surface area contributed by atoms with Crippen LogP contribution in [0.3, 0.4) is 0 Å². The number of hydrogen-bond donors (Lipinski definition) is 1. The zero-order valence-electron chi connectivity index (χ0n) is 11.3. The summed E-state index contributed by atoms with van der Waals surface area (Å²) in [6.45, 7) is 8.25. The topological polar surface area (TPSA) is 83.9 Å². The molecular formula is C12H19NO5. The molecule has 1 aliphatic heterocycles. The SMILES string of the molecule is C[C@H]1[C@H](C)C(=O)N(C(=O)OC(C)(C)C)[C@@H]1C(=O)O. The van der Waals surface area contributed by atoms with Gasteiger partial charge in [0.1, 0.15) is 11.6 Å². The number of likely N-dealkylation sites (tertiary alicyclic amines) is 1. The van der Waals surface area contributed by atoms with Crippen molar-refractivity contribution in [2.45, 2.75) is 46.3 Å². The van der Waals surface area contributed by atoms with Crippen LogP contribution < -0.4 is 0 Å². The average Bonchev–Trinajstić information content (AvgIpc) is 2.39. The van der Waals surface area contributed by atoms with Crippen LogP contribution in [0.5, 0.6) is 0 Å². The van der Waals surface area contributed by atoms with E-state index in [-0.39, 0.29) is 0 Å². The molecule has 1 aliphatic rings. The number of nitrogens with zero attached hydrogens (tertiary/aromatic N) is 1. The molecule has 0 bridgehead atoms. The van der Waals surface area contributed by atoms with Crippen molar-refractivity contribution >= 4 is 18.0 Å². The Bertz CT molecular complexity index is 384. The Balaban J connectivity index is 3.01. The normalized spacial score (nSPS) is 28.4. The highest BCUT2D eigenvalue weighted by Gasteiger charge is 2.51. The lowest BCUT2D eigenvalue weighted by Crippen LogP contribution is -2.46. The quantitative estimate of drug-likeness (QED) is 0.769. The van der Waals surface area contributed by atoms with Crippen LogP contribution >= 0.6 is 0 Å². The van der Waals surface area contributed by atoms with E-state index >= 15 is 0 Å². The van der Waals surface area contributed by atoms with Gasteiger partial charge in [0.15, 0.2) is 0 Å². The zero-order valence-corrected chi connectivity index (χ0v) is 11.3. The molecule has 1 N–H and O–H groups in total. The summed E-state index contributed by atoms with van der Waals surface area (Å²) in [6, 6.07) is -1.15. The fraction of sp³-hybridized carbons (Fsp3) is 0.750. The van der Waals surface area contributed by atoms with Gasteiger partial charge in [0.2, 0.25) is 5.91 Å². The van der Waals surface area contributed by atoms with Gasteiger partial charge in [-0.15, -0.1) is 0 Å². The first-order valence-corrected chi connectivity index (χ1v) is 5.85. The summed E-state index contributed by atoms with van der Waals surface area (Å²) < 4.78 is 5.07. The molecule has 6 heteroatoms. The summed E-state index contributed by atoms with van der Waals surface area (Å²) in [7, 11) is 0. The fourth-order valence-corrected chi connectivity index (χ4v) is 1.94. The van der Waals surface area contributed by atoms with E-state index in [1.165, 1.54) is 0 Å². The summed E-state index contributed by atoms with van der Waals surface area (Å²) in [5, 5.41) is 9.14. The van der Waals surface area contributed by atoms with Crippen LogP contribution in [-0.4, -0.2) is 39.6 Å². The summed E-state index contributed by atoms with van der Waals surface area (Å²) in [4.78, 5) is 35.7. The van der Waals surface area contributed by atoms with E-state index in [1.807, 2.05) is 0 Å². The number of amides is 2. The van der Waals surface area contributed by atoms with Gasteiger partial charge in [-0.2, -0.15) is 0 Å². The Morgan fingerprint density at radius 3 is 2.17 bits per heavy atom. The van der Waals surface area contributed by atoms with Crippen molar-refractivity contribution in [2.24, 2.45) is 11.8 Å². The highest BCUT2D eigenvalue weighted by atomic mass is 16.6. The first-order valence-electron chi connectivity index (χ1n) is 5.85. The van der Waals surface area contributed by atoms with Crippen molar-refractivity contribution < 1.29 is 24.2 Å². The third-order valence-electron chi connectivity index (χ3n) is 3.04. The van der Waals surface area contributed by atoms with Gasteiger partial charge in [-0.05, 0) is 26.7 Å². The highest BCUT2D eigenvalue weighted by molar-refractivity contribution is 6.00. The molecule has 2 amide bonds. The Hall–Kier alpha value is -1.59. The molecule has 0 saturated carbocycles. The number of carbonyl (C=O) groups is 3. The number of rotatable bonds is 1. The van der Waals surface area contributed by atoms with Crippen LogP contribution in [0.2, 0.25) is 0 Å². The van der Waals surface area contributed by atoms with Crippen LogP contribution in [0.15, 0.2) is 0 Å². The van der Waals surface area contributed by atoms with Crippen molar-refractivity contribution in [3.63, 3.8) is 0 Å². The van der Waals surface area contributed by atoms with Gasteiger partial charge in [-0.3, -0.25) is 4.79 Å². The lowest BCUT2D eigenvalue weighted by molar-refractivity contribution is -0.146. The van der Waals surface area contributed by atoms with E-state index < -0.39 is 41.4 Å². The molecule has 1 saturated heterocycles. The second kappa shape index (κ2) is 4.59. The zero-order chi connectivity index (χ0) is 14.2. The Kier molecular flexibility index (Phi) is 3.69. The van der Waals surface area contributed by atoms with Crippen molar-refractivity contribution in [1.82, 2.24) is 4.90 Å². The number of carboxylic acid groups (broad SMARTS) is 1. The molecule has 1 rings (SSSR count). The number of aliphatic carboxylic acids is 1. The third-order valence-corrected chi connectivity index (χ3v) is 3.04. The molecule has 0 spiro atoms. The molecule has 0 aromatic rings. The predicted molar refractivity (Wildman–Crippen MR) is 62.8 cm³/mol. The first kappa shape index (κ1) is 14.5. The maximum Gasteiger partial charge on any atom is 0.417 e. The Morgan fingerprint density at radius 1 is 1.28 bits per heavy atom. The first-order chi connectivity index (χ1) is 8.06. The van der Waals surface area contributed by atoms with Crippen molar-refractivity contribution in [2.75, 3.05) is 0 Å². The molecule has 102 valence electrons. The average molecular weight is 257 g/mol. The molecule has 0 aromatic heterocycles. The number of carboxylic acids is 1. The predicted octanol–water partition coefficient (Wildman–Crippen LogP) is 1.49. The minimum Gasteiger partial charge on any atom is -0.480 e. The van der Waals surface area contributed by atoms with Gasteiger partial charge >= 0.3 is 12.1 Å². The maximum atomic E-state index is 11.9. The molecule has 1 heterocycles. The molecule has 6 nitrogen and oxygen atoms in total. The second-order valence-corrected chi connectivity index (χ2v) is 5.62. The lowest BCUT2D eigenvalue weighted by Gasteiger charge is -2.26. The summed E-state index contributed by atoms with van der Waals surface area (Å²) in [5.74, 6) is -2.61. The smallest absolute Gasteiger partial charge is 0.417 e. The van der Waals surface area contributed by atoms with Crippen LogP contribution in [-0.2, 0) is 14.3 Å². The molecule has 3 atom stereocenters. The van der Waals surface area contributed by atoms with Gasteiger partial charge < -0.3 is 9.84 Å². The Morgan fingerprint density at radius 2 is 1.78 bits per heavy atom. The van der Waals surface area contributed by atoms with E-state index in [0.29, 0.717) is 0 Å². The van der Waals surface area contributed by atoms with Gasteiger partial charge in [0.25, 0.3) is 0 Å². The molecule has 0 unspecified atom stereocenters. The minimum absolute atomic E-state index is 0.428. The van der Waals surface area contributed by atoms with Gasteiger partial charge in [-0.1, -0.05) is 13.8 Å². The summed E-state index contributed by atoms with van der Waals surface area (Å²) in [5.41, 5.74) is -0.768. The maximum absolute atomic E-state index is 11.9. The monoisotopic (exact) mass is 257 g/mol. The van der Waals surface area contributed by atoms with E-state index in [1.54, 1.807) is 34.6 Å². The summed E-state index contributed by atoms with van der Waals surface area (Å²) >= 11 is 0. The van der Waals surface area contributed by atoms with Crippen LogP contribution in [0.1, 0.15) is 34.6 Å². The third kappa shape index (κ3) is 2.63. The van der Waals surface area contributed by atoms with E-state index in [9.17, 15) is 14.4 Å². The van der Waals surface area contributed by atoms with Crippen LogP contribution in [0.4, 0.5) is 4.79 Å². The fourth-order valence-electron chi connectivity index (χ4n) is 1.94. The largest absolute Gasteiger partial charge is 0.480 e. The molecule has 0 aromatic carbocycles. The van der Waals surface area contributed by atoms with Crippen LogP contribution in [0.25, 0.3) is 0 Å². The molecule has 0 aliphatic carbocycles. The molecule has 1 fully saturated rings. The van der Waals surface area contributed by atoms with E-state index in [4.69, 9.17) is 9.84 Å². The number of hydrogen-bond acceptors (Lipinski definition) is 4. The van der Waals surface area contributed by atoms with Gasteiger partial charge in [-0.25, -0.2) is 14.5 Å². The van der Waals surface area contributed by atoms with Crippen molar-refractivity contribution in [1.29, 1.82) is 0 Å². The second-order valence-electron chi connectivity index (χ2n) is 5.62. The Labute approximate surface area is 106 Å². The van der Waals surface area contributed by atoms with Gasteiger partial charge in [0, 0.05) is 5.92 Å². The van der Waals surface area contributed by atoms with Crippen LogP contribution in [0, 0.1) is 11.8 Å². The van der Waals surface area contributed by atoms with Crippen molar-refractivity contribution in [3.05, 3.63) is 0 Å². The highest BCUT2D eigenvalue weighted by Crippen LogP contribution is 2.32. The number of carbonyl (C=O) groups excluding carboxylic acids is 2. The minimum atomic E-state index is -1.19. The molecule has 0 radical (unpaired) electrons. The van der Waals surface area contributed by atoms with Gasteiger partial charge in [0.05, 0.1) is 0 Å². The summed E-state index contributed by atoms with van der Waals surface area (Å²) in [6.07, 6.45) is -0.893. The molecule has 18 heavy (non-hydrogen) atoms. The van der Waals surface area contributed by atoms with Crippen molar-refractivity contribution in [3.8, 4) is 0 Å². The number of imide groups is 1.